The van der Waals surface area contributed by atoms with Crippen molar-refractivity contribution in [2.24, 2.45) is 17.8 Å². The number of hydrogen-bond donors (Lipinski definition) is 2. The van der Waals surface area contributed by atoms with Gasteiger partial charge in [-0.3, -0.25) is 0 Å². The van der Waals surface area contributed by atoms with Gasteiger partial charge in [-0.25, -0.2) is 0 Å². The number of rotatable bonds is 7. The Balaban J connectivity index is 1.46. The van der Waals surface area contributed by atoms with Gasteiger partial charge in [0.05, 0.1) is 0 Å². The number of fused-ring (bicyclic) bond motifs is 2. The Morgan fingerprint density at radius 2 is 1.94 bits per heavy atom. The first-order valence-electron chi connectivity index (χ1n) is 7.20. The molecular formula is C14H28N2. The van der Waals surface area contributed by atoms with Crippen molar-refractivity contribution < 1.29 is 0 Å². The molecule has 0 spiro atoms. The fourth-order valence-corrected chi connectivity index (χ4v) is 3.59. The maximum atomic E-state index is 3.56. The van der Waals surface area contributed by atoms with Crippen LogP contribution in [-0.4, -0.2) is 25.7 Å². The van der Waals surface area contributed by atoms with Crippen molar-refractivity contribution >= 4 is 0 Å². The Bertz CT molecular complexity index is 203. The summed E-state index contributed by atoms with van der Waals surface area (Å²) in [5.41, 5.74) is 0. The van der Waals surface area contributed by atoms with Gasteiger partial charge in [0.1, 0.15) is 0 Å². The van der Waals surface area contributed by atoms with E-state index in [9.17, 15) is 0 Å². The van der Waals surface area contributed by atoms with Gasteiger partial charge in [-0.1, -0.05) is 20.3 Å². The Labute approximate surface area is 101 Å². The van der Waals surface area contributed by atoms with Gasteiger partial charge in [-0.15, -0.1) is 0 Å². The largest absolute Gasteiger partial charge is 0.315 e. The average Bonchev–Trinajstić information content (AvgIpc) is 2.84. The Morgan fingerprint density at radius 3 is 2.56 bits per heavy atom. The van der Waals surface area contributed by atoms with Crippen molar-refractivity contribution in [2.45, 2.75) is 52.0 Å². The number of hydrogen-bond acceptors (Lipinski definition) is 2. The predicted octanol–water partition coefficient (Wildman–Crippen LogP) is 2.40. The maximum Gasteiger partial charge on any atom is 0.00790 e. The summed E-state index contributed by atoms with van der Waals surface area (Å²) in [7, 11) is 0. The van der Waals surface area contributed by atoms with Crippen molar-refractivity contribution in [3.05, 3.63) is 0 Å². The highest BCUT2D eigenvalue weighted by Crippen LogP contribution is 2.49. The van der Waals surface area contributed by atoms with Crippen LogP contribution in [0.25, 0.3) is 0 Å². The predicted molar refractivity (Wildman–Crippen MR) is 69.6 cm³/mol. The molecule has 2 rings (SSSR count). The lowest BCUT2D eigenvalue weighted by Gasteiger charge is -2.21. The normalized spacial score (nSPS) is 32.8. The second-order valence-electron chi connectivity index (χ2n) is 6.08. The van der Waals surface area contributed by atoms with Gasteiger partial charge in [0.2, 0.25) is 0 Å². The summed E-state index contributed by atoms with van der Waals surface area (Å²) in [6.45, 7) is 7.87. The molecule has 0 amide bonds. The molecule has 0 radical (unpaired) electrons. The van der Waals surface area contributed by atoms with Crippen LogP contribution in [0.4, 0.5) is 0 Å². The van der Waals surface area contributed by atoms with Crippen LogP contribution in [0.2, 0.25) is 0 Å². The van der Waals surface area contributed by atoms with Crippen LogP contribution in [0, 0.1) is 17.8 Å². The van der Waals surface area contributed by atoms with Crippen LogP contribution in [0.3, 0.4) is 0 Å². The smallest absolute Gasteiger partial charge is 0.00790 e. The van der Waals surface area contributed by atoms with Crippen molar-refractivity contribution in [1.29, 1.82) is 0 Å². The van der Waals surface area contributed by atoms with E-state index in [0.717, 1.165) is 30.8 Å². The second-order valence-corrected chi connectivity index (χ2v) is 6.08. The summed E-state index contributed by atoms with van der Waals surface area (Å²) in [4.78, 5) is 0. The molecule has 2 saturated carbocycles. The molecule has 2 nitrogen and oxygen atoms in total. The van der Waals surface area contributed by atoms with Crippen molar-refractivity contribution in [3.8, 4) is 0 Å². The first-order chi connectivity index (χ1) is 7.75. The first kappa shape index (κ1) is 12.4. The highest BCUT2D eigenvalue weighted by atomic mass is 15.0. The lowest BCUT2D eigenvalue weighted by Crippen LogP contribution is -2.32. The molecule has 16 heavy (non-hydrogen) atoms. The van der Waals surface area contributed by atoms with Gasteiger partial charge in [0.15, 0.2) is 0 Å². The second kappa shape index (κ2) is 6.02. The zero-order valence-electron chi connectivity index (χ0n) is 11.0. The molecule has 0 aromatic heterocycles. The van der Waals surface area contributed by atoms with Gasteiger partial charge >= 0.3 is 0 Å². The van der Waals surface area contributed by atoms with Crippen molar-refractivity contribution in [3.63, 3.8) is 0 Å². The SMILES string of the molecule is CC(C)NCCNCCC1CC2CCC1C2. The van der Waals surface area contributed by atoms with E-state index in [1.54, 1.807) is 6.42 Å². The monoisotopic (exact) mass is 224 g/mol. The first-order valence-corrected chi connectivity index (χ1v) is 7.20. The summed E-state index contributed by atoms with van der Waals surface area (Å²) in [5.74, 6) is 3.27. The quantitative estimate of drug-likeness (QED) is 0.649. The Kier molecular flexibility index (Phi) is 4.66. The molecule has 2 aliphatic rings. The van der Waals surface area contributed by atoms with Gasteiger partial charge in [0.25, 0.3) is 0 Å². The number of nitrogens with one attached hydrogen (secondary N) is 2. The van der Waals surface area contributed by atoms with Gasteiger partial charge in [-0.2, -0.15) is 0 Å². The van der Waals surface area contributed by atoms with E-state index in [4.69, 9.17) is 0 Å². The molecule has 0 aliphatic heterocycles. The molecule has 2 heteroatoms. The van der Waals surface area contributed by atoms with Crippen LogP contribution in [0.1, 0.15) is 46.0 Å². The lowest BCUT2D eigenvalue weighted by molar-refractivity contribution is 0.310. The van der Waals surface area contributed by atoms with Crippen molar-refractivity contribution in [2.75, 3.05) is 19.6 Å². The summed E-state index contributed by atoms with van der Waals surface area (Å²) >= 11 is 0. The molecule has 3 unspecified atom stereocenters. The zero-order valence-corrected chi connectivity index (χ0v) is 11.0. The zero-order chi connectivity index (χ0) is 11.4. The summed E-state index contributed by atoms with van der Waals surface area (Å²) in [6, 6.07) is 0.618. The van der Waals surface area contributed by atoms with Gasteiger partial charge < -0.3 is 10.6 Å². The van der Waals surface area contributed by atoms with E-state index >= 15 is 0 Å². The van der Waals surface area contributed by atoms with E-state index in [1.165, 1.54) is 32.2 Å². The minimum atomic E-state index is 0.618. The average molecular weight is 224 g/mol. The summed E-state index contributed by atoms with van der Waals surface area (Å²) < 4.78 is 0. The third-order valence-corrected chi connectivity index (χ3v) is 4.43. The Morgan fingerprint density at radius 1 is 1.06 bits per heavy atom. The highest BCUT2D eigenvalue weighted by Gasteiger charge is 2.38. The van der Waals surface area contributed by atoms with Gasteiger partial charge in [0, 0.05) is 19.1 Å². The Hall–Kier alpha value is -0.0800. The summed E-state index contributed by atoms with van der Waals surface area (Å²) in [5, 5.41) is 7.00. The van der Waals surface area contributed by atoms with Gasteiger partial charge in [-0.05, 0) is 50.0 Å². The molecule has 0 aromatic carbocycles. The van der Waals surface area contributed by atoms with Crippen LogP contribution in [-0.2, 0) is 0 Å². The topological polar surface area (TPSA) is 24.1 Å². The third-order valence-electron chi connectivity index (χ3n) is 4.43. The molecule has 2 bridgehead atoms. The molecule has 0 saturated heterocycles. The fraction of sp³-hybridized carbons (Fsp3) is 1.00. The summed E-state index contributed by atoms with van der Waals surface area (Å²) in [6.07, 6.45) is 7.58. The minimum absolute atomic E-state index is 0.618. The van der Waals surface area contributed by atoms with Crippen LogP contribution < -0.4 is 10.6 Å². The van der Waals surface area contributed by atoms with Crippen LogP contribution >= 0.6 is 0 Å². The molecule has 2 fully saturated rings. The van der Waals surface area contributed by atoms with E-state index in [-0.39, 0.29) is 0 Å². The van der Waals surface area contributed by atoms with E-state index in [0.29, 0.717) is 6.04 Å². The molecule has 94 valence electrons. The van der Waals surface area contributed by atoms with Crippen LogP contribution in [0.5, 0.6) is 0 Å². The minimum Gasteiger partial charge on any atom is -0.315 e. The molecule has 2 aliphatic carbocycles. The molecule has 0 heterocycles. The van der Waals surface area contributed by atoms with Crippen LogP contribution in [0.15, 0.2) is 0 Å². The molecule has 0 aromatic rings. The molecule has 3 atom stereocenters. The molecular weight excluding hydrogens is 196 g/mol. The maximum absolute atomic E-state index is 3.56. The van der Waals surface area contributed by atoms with E-state index in [2.05, 4.69) is 24.5 Å². The molecule has 2 N–H and O–H groups in total. The van der Waals surface area contributed by atoms with E-state index < -0.39 is 0 Å². The lowest BCUT2D eigenvalue weighted by atomic mass is 9.86. The fourth-order valence-electron chi connectivity index (χ4n) is 3.59. The third kappa shape index (κ3) is 3.46. The highest BCUT2D eigenvalue weighted by molar-refractivity contribution is 4.89. The van der Waals surface area contributed by atoms with Crippen molar-refractivity contribution in [1.82, 2.24) is 10.6 Å². The van der Waals surface area contributed by atoms with E-state index in [1.807, 2.05) is 0 Å². The standard InChI is InChI=1S/C14H28N2/c1-11(2)16-8-7-15-6-5-14-10-12-3-4-13(14)9-12/h11-16H,3-10H2,1-2H3.